The lowest BCUT2D eigenvalue weighted by molar-refractivity contribution is -0.122. The minimum atomic E-state index is -0.469. The third-order valence-corrected chi connectivity index (χ3v) is 5.11. The van der Waals surface area contributed by atoms with E-state index < -0.39 is 17.7 Å². The largest absolute Gasteiger partial charge is 0.450 e. The second-order valence-electron chi connectivity index (χ2n) is 6.41. The lowest BCUT2D eigenvalue weighted by atomic mass is 10.1. The highest BCUT2D eigenvalue weighted by atomic mass is 79.9. The molecular weight excluding hydrogens is 418 g/mol. The van der Waals surface area contributed by atoms with Gasteiger partial charge in [0.25, 0.3) is 11.8 Å². The molecule has 4 amide bonds. The Labute approximate surface area is 164 Å². The number of hydrogen-bond donors (Lipinski definition) is 1. The summed E-state index contributed by atoms with van der Waals surface area (Å²) in [5.41, 5.74) is 0.601. The van der Waals surface area contributed by atoms with Gasteiger partial charge in [0.15, 0.2) is 0 Å². The number of nitrogens with one attached hydrogen (secondary N) is 1. The Hall–Kier alpha value is -2.42. The number of amides is 4. The van der Waals surface area contributed by atoms with Crippen LogP contribution in [0.15, 0.2) is 22.7 Å². The van der Waals surface area contributed by atoms with Crippen LogP contribution in [0, 0.1) is 0 Å². The van der Waals surface area contributed by atoms with Crippen LogP contribution in [0.5, 0.6) is 0 Å². The van der Waals surface area contributed by atoms with Gasteiger partial charge in [-0.3, -0.25) is 19.3 Å². The lowest BCUT2D eigenvalue weighted by Crippen LogP contribution is -2.49. The first-order valence-electron chi connectivity index (χ1n) is 8.77. The third kappa shape index (κ3) is 4.13. The smallest absolute Gasteiger partial charge is 0.409 e. The van der Waals surface area contributed by atoms with E-state index in [1.54, 1.807) is 30.0 Å². The zero-order valence-electron chi connectivity index (χ0n) is 14.9. The van der Waals surface area contributed by atoms with Crippen LogP contribution in [0.25, 0.3) is 0 Å². The van der Waals surface area contributed by atoms with Gasteiger partial charge in [-0.15, -0.1) is 0 Å². The molecule has 0 atom stereocenters. The normalized spacial score (nSPS) is 17.1. The van der Waals surface area contributed by atoms with Crippen molar-refractivity contribution in [3.05, 3.63) is 33.8 Å². The highest BCUT2D eigenvalue weighted by Crippen LogP contribution is 2.25. The van der Waals surface area contributed by atoms with Gasteiger partial charge in [-0.1, -0.05) is 15.9 Å². The topological polar surface area (TPSA) is 96.0 Å². The number of rotatable bonds is 4. The van der Waals surface area contributed by atoms with Crippen LogP contribution in [0.3, 0.4) is 0 Å². The minimum Gasteiger partial charge on any atom is -0.450 e. The first-order valence-corrected chi connectivity index (χ1v) is 9.56. The van der Waals surface area contributed by atoms with Crippen LogP contribution in [-0.2, 0) is 9.53 Å². The molecule has 1 aromatic rings. The van der Waals surface area contributed by atoms with Gasteiger partial charge >= 0.3 is 6.09 Å². The van der Waals surface area contributed by atoms with Crippen molar-refractivity contribution in [2.75, 3.05) is 26.2 Å². The Morgan fingerprint density at radius 1 is 1.19 bits per heavy atom. The fourth-order valence-electron chi connectivity index (χ4n) is 3.24. The van der Waals surface area contributed by atoms with Crippen molar-refractivity contribution in [1.82, 2.24) is 15.1 Å². The van der Waals surface area contributed by atoms with Crippen molar-refractivity contribution in [3.8, 4) is 0 Å². The molecule has 0 bridgehead atoms. The number of carbonyl (C=O) groups is 4. The zero-order valence-corrected chi connectivity index (χ0v) is 16.5. The molecule has 0 spiro atoms. The number of nitrogens with zero attached hydrogens (tertiary/aromatic N) is 2. The molecule has 0 unspecified atom stereocenters. The number of halogens is 1. The number of likely N-dealkylation sites (tertiary alicyclic amines) is 1. The van der Waals surface area contributed by atoms with E-state index in [0.717, 1.165) is 4.90 Å². The van der Waals surface area contributed by atoms with E-state index in [-0.39, 0.29) is 18.7 Å². The summed E-state index contributed by atoms with van der Waals surface area (Å²) in [6.45, 7) is 2.74. The van der Waals surface area contributed by atoms with Crippen LogP contribution in [0.4, 0.5) is 4.79 Å². The molecular formula is C18H20BrN3O5. The second kappa shape index (κ2) is 8.08. The van der Waals surface area contributed by atoms with Gasteiger partial charge in [0.05, 0.1) is 17.7 Å². The molecule has 0 aromatic heterocycles. The van der Waals surface area contributed by atoms with Gasteiger partial charge < -0.3 is 15.0 Å². The molecule has 2 aliphatic rings. The quantitative estimate of drug-likeness (QED) is 0.724. The molecule has 1 fully saturated rings. The standard InChI is InChI=1S/C18H20BrN3O5/c1-2-27-18(26)21-7-5-12(6-8-21)20-15(23)10-22-16(24)13-4-3-11(19)9-14(13)17(22)25/h3-4,9,12H,2,5-8,10H2,1H3,(H,20,23). The molecule has 0 aliphatic carbocycles. The minimum absolute atomic E-state index is 0.104. The van der Waals surface area contributed by atoms with Crippen molar-refractivity contribution in [2.24, 2.45) is 0 Å². The zero-order chi connectivity index (χ0) is 19.6. The second-order valence-corrected chi connectivity index (χ2v) is 7.33. The summed E-state index contributed by atoms with van der Waals surface area (Å²) < 4.78 is 5.66. The fourth-order valence-corrected chi connectivity index (χ4v) is 3.61. The van der Waals surface area contributed by atoms with E-state index in [2.05, 4.69) is 21.2 Å². The van der Waals surface area contributed by atoms with Gasteiger partial charge in [0.1, 0.15) is 6.54 Å². The molecule has 0 radical (unpaired) electrons. The number of ether oxygens (including phenoxy) is 1. The monoisotopic (exact) mass is 437 g/mol. The maximum atomic E-state index is 12.4. The lowest BCUT2D eigenvalue weighted by Gasteiger charge is -2.31. The van der Waals surface area contributed by atoms with E-state index in [1.165, 1.54) is 0 Å². The van der Waals surface area contributed by atoms with Crippen LogP contribution >= 0.6 is 15.9 Å². The van der Waals surface area contributed by atoms with Crippen molar-refractivity contribution in [2.45, 2.75) is 25.8 Å². The predicted molar refractivity (Wildman–Crippen MR) is 99.3 cm³/mol. The molecule has 1 aromatic carbocycles. The van der Waals surface area contributed by atoms with E-state index in [4.69, 9.17) is 4.74 Å². The molecule has 3 rings (SSSR count). The first-order chi connectivity index (χ1) is 12.9. The molecule has 1 saturated heterocycles. The summed E-state index contributed by atoms with van der Waals surface area (Å²) in [5, 5.41) is 2.84. The van der Waals surface area contributed by atoms with Crippen molar-refractivity contribution >= 4 is 39.7 Å². The average Bonchev–Trinajstić information content (AvgIpc) is 2.87. The van der Waals surface area contributed by atoms with Crippen molar-refractivity contribution < 1.29 is 23.9 Å². The van der Waals surface area contributed by atoms with E-state index in [9.17, 15) is 19.2 Å². The summed E-state index contributed by atoms with van der Waals surface area (Å²) in [5.74, 6) is -1.32. The number of hydrogen-bond acceptors (Lipinski definition) is 5. The Bertz CT molecular complexity index is 789. The van der Waals surface area contributed by atoms with E-state index >= 15 is 0 Å². The van der Waals surface area contributed by atoms with Crippen molar-refractivity contribution in [3.63, 3.8) is 0 Å². The van der Waals surface area contributed by atoms with Gasteiger partial charge in [-0.25, -0.2) is 4.79 Å². The van der Waals surface area contributed by atoms with E-state index in [1.807, 2.05) is 0 Å². The van der Waals surface area contributed by atoms with Gasteiger partial charge in [-0.2, -0.15) is 0 Å². The number of carbonyl (C=O) groups excluding carboxylic acids is 4. The molecule has 0 saturated carbocycles. The maximum absolute atomic E-state index is 12.4. The van der Waals surface area contributed by atoms with Gasteiger partial charge in [0.2, 0.25) is 5.91 Å². The highest BCUT2D eigenvalue weighted by Gasteiger charge is 2.37. The number of benzene rings is 1. The van der Waals surface area contributed by atoms with Crippen LogP contribution in [0.2, 0.25) is 0 Å². The molecule has 1 N–H and O–H groups in total. The fraction of sp³-hybridized carbons (Fsp3) is 0.444. The SMILES string of the molecule is CCOC(=O)N1CCC(NC(=O)CN2C(=O)c3ccc(Br)cc3C2=O)CC1. The predicted octanol–water partition coefficient (Wildman–Crippen LogP) is 1.78. The van der Waals surface area contributed by atoms with Crippen LogP contribution < -0.4 is 5.32 Å². The number of imide groups is 1. The third-order valence-electron chi connectivity index (χ3n) is 4.62. The summed E-state index contributed by atoms with van der Waals surface area (Å²) in [4.78, 5) is 51.4. The summed E-state index contributed by atoms with van der Waals surface area (Å²) in [6.07, 6.45) is 0.846. The Balaban J connectivity index is 1.53. The van der Waals surface area contributed by atoms with Gasteiger partial charge in [-0.05, 0) is 38.0 Å². The highest BCUT2D eigenvalue weighted by molar-refractivity contribution is 9.10. The number of fused-ring (bicyclic) bond motifs is 1. The first kappa shape index (κ1) is 19.3. The average molecular weight is 438 g/mol. The summed E-state index contributed by atoms with van der Waals surface area (Å²) in [7, 11) is 0. The molecule has 144 valence electrons. The maximum Gasteiger partial charge on any atom is 0.409 e. The van der Waals surface area contributed by atoms with E-state index in [0.29, 0.717) is 48.1 Å². The Morgan fingerprint density at radius 2 is 1.85 bits per heavy atom. The van der Waals surface area contributed by atoms with Crippen LogP contribution in [-0.4, -0.2) is 65.9 Å². The Morgan fingerprint density at radius 3 is 2.52 bits per heavy atom. The van der Waals surface area contributed by atoms with Gasteiger partial charge in [0, 0.05) is 23.6 Å². The molecule has 8 nitrogen and oxygen atoms in total. The molecule has 2 heterocycles. The Kier molecular flexibility index (Phi) is 5.79. The van der Waals surface area contributed by atoms with Crippen molar-refractivity contribution in [1.29, 1.82) is 0 Å². The number of piperidine rings is 1. The molecule has 2 aliphatic heterocycles. The van der Waals surface area contributed by atoms with Crippen LogP contribution in [0.1, 0.15) is 40.5 Å². The molecule has 27 heavy (non-hydrogen) atoms. The summed E-state index contributed by atoms with van der Waals surface area (Å²) >= 11 is 3.28. The molecule has 9 heteroatoms. The summed E-state index contributed by atoms with van der Waals surface area (Å²) in [6, 6.07) is 4.74.